The van der Waals surface area contributed by atoms with Crippen molar-refractivity contribution < 1.29 is 22.7 Å². The molecule has 6 heteroatoms. The van der Waals surface area contributed by atoms with E-state index < -0.39 is 16.1 Å². The van der Waals surface area contributed by atoms with Gasteiger partial charge in [0.05, 0.1) is 4.90 Å². The van der Waals surface area contributed by atoms with Gasteiger partial charge in [-0.2, -0.15) is 0 Å². The van der Waals surface area contributed by atoms with Crippen LogP contribution in [0.2, 0.25) is 0 Å². The lowest BCUT2D eigenvalue weighted by molar-refractivity contribution is -0.0851. The second-order valence-corrected chi connectivity index (χ2v) is 6.88. The number of sulfone groups is 1. The lowest BCUT2D eigenvalue weighted by Gasteiger charge is -2.13. The van der Waals surface area contributed by atoms with E-state index in [1.165, 1.54) is 26.4 Å². The summed E-state index contributed by atoms with van der Waals surface area (Å²) < 4.78 is 34.1. The van der Waals surface area contributed by atoms with Crippen LogP contribution < -0.4 is 0 Å². The topological polar surface area (TPSA) is 69.7 Å². The molecule has 0 heterocycles. The second kappa shape index (κ2) is 6.03. The number of benzene rings is 1. The Kier molecular flexibility index (Phi) is 4.57. The van der Waals surface area contributed by atoms with Crippen LogP contribution in [0.15, 0.2) is 29.2 Å². The molecule has 0 spiro atoms. The van der Waals surface area contributed by atoms with E-state index in [-0.39, 0.29) is 22.3 Å². The van der Waals surface area contributed by atoms with Crippen LogP contribution >= 0.6 is 0 Å². The zero-order chi connectivity index (χ0) is 14.8. The first kappa shape index (κ1) is 15.2. The van der Waals surface area contributed by atoms with Gasteiger partial charge in [-0.15, -0.1) is 0 Å². The van der Waals surface area contributed by atoms with E-state index in [4.69, 9.17) is 9.47 Å². The first-order valence-corrected chi connectivity index (χ1v) is 8.06. The zero-order valence-corrected chi connectivity index (χ0v) is 12.4. The summed E-state index contributed by atoms with van der Waals surface area (Å²) in [6, 6.07) is 6.07. The maximum absolute atomic E-state index is 12.1. The van der Waals surface area contributed by atoms with Crippen molar-refractivity contribution in [3.05, 3.63) is 29.8 Å². The van der Waals surface area contributed by atoms with Gasteiger partial charge in [0, 0.05) is 25.7 Å². The van der Waals surface area contributed by atoms with Gasteiger partial charge in [0.2, 0.25) is 0 Å². The Morgan fingerprint density at radius 1 is 1.20 bits per heavy atom. The number of Topliss-reactive ketones (excluding diaryl/α,β-unsaturated/α-hetero) is 1. The molecule has 1 saturated carbocycles. The van der Waals surface area contributed by atoms with Crippen LogP contribution in [0, 0.1) is 5.92 Å². The molecule has 1 aromatic rings. The van der Waals surface area contributed by atoms with Crippen molar-refractivity contribution in [3.63, 3.8) is 0 Å². The standard InChI is InChI=1S/C14H18O5S/c1-18-13(19-2)9-20(16,17)12-7-5-11(6-8-12)14(15)10-3-4-10/h5-8,10,13H,3-4,9H2,1-2H3. The van der Waals surface area contributed by atoms with E-state index in [9.17, 15) is 13.2 Å². The molecule has 1 aromatic carbocycles. The monoisotopic (exact) mass is 298 g/mol. The van der Waals surface area contributed by atoms with Gasteiger partial charge in [-0.1, -0.05) is 12.1 Å². The normalized spacial score (nSPS) is 15.6. The highest BCUT2D eigenvalue weighted by Gasteiger charge is 2.30. The van der Waals surface area contributed by atoms with Crippen LogP contribution in [-0.2, 0) is 19.3 Å². The molecule has 0 aliphatic heterocycles. The van der Waals surface area contributed by atoms with Crippen LogP contribution in [0.5, 0.6) is 0 Å². The highest BCUT2D eigenvalue weighted by molar-refractivity contribution is 7.91. The highest BCUT2D eigenvalue weighted by Crippen LogP contribution is 2.32. The average Bonchev–Trinajstić information content (AvgIpc) is 3.28. The van der Waals surface area contributed by atoms with Crippen molar-refractivity contribution >= 4 is 15.6 Å². The van der Waals surface area contributed by atoms with Gasteiger partial charge in [-0.3, -0.25) is 4.79 Å². The van der Waals surface area contributed by atoms with Crippen LogP contribution in [-0.4, -0.2) is 40.5 Å². The van der Waals surface area contributed by atoms with Gasteiger partial charge < -0.3 is 9.47 Å². The molecule has 2 rings (SSSR count). The maximum Gasteiger partial charge on any atom is 0.183 e. The summed E-state index contributed by atoms with van der Waals surface area (Å²) >= 11 is 0. The quantitative estimate of drug-likeness (QED) is 0.566. The second-order valence-electron chi connectivity index (χ2n) is 4.85. The summed E-state index contributed by atoms with van der Waals surface area (Å²) in [5, 5.41) is 0. The number of methoxy groups -OCH3 is 2. The fraction of sp³-hybridized carbons (Fsp3) is 0.500. The third-order valence-corrected chi connectivity index (χ3v) is 5.03. The Balaban J connectivity index is 2.14. The minimum absolute atomic E-state index is 0.0978. The van der Waals surface area contributed by atoms with Crippen molar-refractivity contribution in [2.75, 3.05) is 20.0 Å². The summed E-state index contributed by atoms with van der Waals surface area (Å²) in [6.07, 6.45) is 1.07. The summed E-state index contributed by atoms with van der Waals surface area (Å²) in [4.78, 5) is 12.0. The number of ketones is 1. The molecule has 0 N–H and O–H groups in total. The van der Waals surface area contributed by atoms with Gasteiger partial charge in [-0.05, 0) is 25.0 Å². The molecular formula is C14H18O5S. The molecular weight excluding hydrogens is 280 g/mol. The van der Waals surface area contributed by atoms with E-state index in [2.05, 4.69) is 0 Å². The van der Waals surface area contributed by atoms with Crippen LogP contribution in [0.3, 0.4) is 0 Å². The van der Waals surface area contributed by atoms with Gasteiger partial charge in [-0.25, -0.2) is 8.42 Å². The van der Waals surface area contributed by atoms with Gasteiger partial charge in [0.25, 0.3) is 0 Å². The molecule has 0 bridgehead atoms. The van der Waals surface area contributed by atoms with Crippen LogP contribution in [0.4, 0.5) is 0 Å². The van der Waals surface area contributed by atoms with Crippen molar-refractivity contribution in [3.8, 4) is 0 Å². The van der Waals surface area contributed by atoms with Gasteiger partial charge >= 0.3 is 0 Å². The van der Waals surface area contributed by atoms with E-state index in [1.54, 1.807) is 12.1 Å². The minimum atomic E-state index is -3.49. The fourth-order valence-corrected chi connectivity index (χ4v) is 3.29. The maximum atomic E-state index is 12.1. The number of rotatable bonds is 7. The van der Waals surface area contributed by atoms with E-state index >= 15 is 0 Å². The molecule has 20 heavy (non-hydrogen) atoms. The van der Waals surface area contributed by atoms with Gasteiger partial charge in [0.15, 0.2) is 21.9 Å². The smallest absolute Gasteiger partial charge is 0.183 e. The molecule has 0 unspecified atom stereocenters. The van der Waals surface area contributed by atoms with Crippen molar-refractivity contribution in [1.29, 1.82) is 0 Å². The molecule has 110 valence electrons. The Morgan fingerprint density at radius 2 is 1.75 bits per heavy atom. The van der Waals surface area contributed by atoms with E-state index in [0.29, 0.717) is 5.56 Å². The third kappa shape index (κ3) is 3.45. The summed E-state index contributed by atoms with van der Waals surface area (Å²) in [5.74, 6) is -0.0277. The van der Waals surface area contributed by atoms with Crippen LogP contribution in [0.25, 0.3) is 0 Å². The lowest BCUT2D eigenvalue weighted by Crippen LogP contribution is -2.24. The van der Waals surface area contributed by atoms with E-state index in [1.807, 2.05) is 0 Å². The molecule has 0 aromatic heterocycles. The number of hydrogen-bond donors (Lipinski definition) is 0. The van der Waals surface area contributed by atoms with Crippen molar-refractivity contribution in [2.45, 2.75) is 24.0 Å². The Bertz CT molecular complexity index is 568. The van der Waals surface area contributed by atoms with Crippen molar-refractivity contribution in [1.82, 2.24) is 0 Å². The number of carbonyl (C=O) groups is 1. The molecule has 0 radical (unpaired) electrons. The SMILES string of the molecule is COC(CS(=O)(=O)c1ccc(C(=O)C2CC2)cc1)OC. The number of carbonyl (C=O) groups excluding carboxylic acids is 1. The summed E-state index contributed by atoms with van der Waals surface area (Å²) in [7, 11) is -0.712. The fourth-order valence-electron chi connectivity index (χ4n) is 1.92. The lowest BCUT2D eigenvalue weighted by atomic mass is 10.1. The molecule has 1 aliphatic carbocycles. The summed E-state index contributed by atoms with van der Waals surface area (Å²) in [5.41, 5.74) is 0.571. The Morgan fingerprint density at radius 3 is 2.20 bits per heavy atom. The first-order valence-electron chi connectivity index (χ1n) is 6.40. The summed E-state index contributed by atoms with van der Waals surface area (Å²) in [6.45, 7) is 0. The molecule has 0 saturated heterocycles. The first-order chi connectivity index (χ1) is 9.47. The Hall–Kier alpha value is -1.24. The number of hydrogen-bond acceptors (Lipinski definition) is 5. The third-order valence-electron chi connectivity index (χ3n) is 3.33. The largest absolute Gasteiger partial charge is 0.355 e. The van der Waals surface area contributed by atoms with Crippen LogP contribution in [0.1, 0.15) is 23.2 Å². The Labute approximate surface area is 118 Å². The number of ether oxygens (including phenoxy) is 2. The van der Waals surface area contributed by atoms with Crippen molar-refractivity contribution in [2.24, 2.45) is 5.92 Å². The highest BCUT2D eigenvalue weighted by atomic mass is 32.2. The van der Waals surface area contributed by atoms with Gasteiger partial charge in [0.1, 0.15) is 5.75 Å². The molecule has 0 atom stereocenters. The molecule has 0 amide bonds. The average molecular weight is 298 g/mol. The predicted molar refractivity (Wildman–Crippen MR) is 73.4 cm³/mol. The molecule has 1 aliphatic rings. The zero-order valence-electron chi connectivity index (χ0n) is 11.5. The molecule has 5 nitrogen and oxygen atoms in total. The molecule has 1 fully saturated rings. The minimum Gasteiger partial charge on any atom is -0.355 e. The predicted octanol–water partition coefficient (Wildman–Crippen LogP) is 1.67. The van der Waals surface area contributed by atoms with E-state index in [0.717, 1.165) is 12.8 Å².